The van der Waals surface area contributed by atoms with Crippen LogP contribution in [-0.4, -0.2) is 55.8 Å². The second-order valence-electron chi connectivity index (χ2n) is 6.86. The monoisotopic (exact) mass is 419 g/mol. The highest BCUT2D eigenvalue weighted by molar-refractivity contribution is 7.89. The Bertz CT molecular complexity index is 989. The van der Waals surface area contributed by atoms with Gasteiger partial charge < -0.3 is 10.2 Å². The van der Waals surface area contributed by atoms with Crippen molar-refractivity contribution in [3.8, 4) is 0 Å². The first-order chi connectivity index (χ1) is 13.8. The highest BCUT2D eigenvalue weighted by atomic mass is 32.2. The smallest absolute Gasteiger partial charge is 0.289 e. The van der Waals surface area contributed by atoms with Crippen molar-refractivity contribution in [1.29, 1.82) is 0 Å². The molecule has 0 aliphatic carbocycles. The summed E-state index contributed by atoms with van der Waals surface area (Å²) in [6.45, 7) is 3.05. The summed E-state index contributed by atoms with van der Waals surface area (Å²) in [6.07, 6.45) is 0. The zero-order chi connectivity index (χ0) is 21.0. The lowest BCUT2D eigenvalue weighted by molar-refractivity contribution is -0.917. The van der Waals surface area contributed by atoms with E-state index in [2.05, 4.69) is 5.32 Å². The van der Waals surface area contributed by atoms with E-state index in [1.807, 2.05) is 18.2 Å². The largest absolute Gasteiger partial charge is 0.323 e. The molecule has 0 aromatic heterocycles. The van der Waals surface area contributed by atoms with Gasteiger partial charge in [-0.1, -0.05) is 30.3 Å². The fraction of sp³-hybridized carbons (Fsp3) is 0.316. The molecular formula is C19H23N4O5S+. The van der Waals surface area contributed by atoms with Gasteiger partial charge in [-0.3, -0.25) is 14.9 Å². The number of carbonyl (C=O) groups excluding carboxylic acids is 1. The zero-order valence-electron chi connectivity index (χ0n) is 15.9. The maximum atomic E-state index is 12.9. The normalized spacial score (nSPS) is 16.9. The molecular weight excluding hydrogens is 396 g/mol. The minimum atomic E-state index is -3.98. The number of sulfonamides is 1. The number of amides is 1. The summed E-state index contributed by atoms with van der Waals surface area (Å²) in [6, 6.07) is 14.1. The van der Waals surface area contributed by atoms with E-state index in [9.17, 15) is 23.3 Å². The van der Waals surface area contributed by atoms with E-state index in [4.69, 9.17) is 0 Å². The van der Waals surface area contributed by atoms with Gasteiger partial charge >= 0.3 is 0 Å². The second-order valence-corrected chi connectivity index (χ2v) is 8.77. The Kier molecular flexibility index (Phi) is 6.26. The predicted molar refractivity (Wildman–Crippen MR) is 107 cm³/mol. The van der Waals surface area contributed by atoms with Crippen LogP contribution in [0.25, 0.3) is 0 Å². The Labute approximate surface area is 169 Å². The van der Waals surface area contributed by atoms with Crippen molar-refractivity contribution >= 4 is 27.3 Å². The minimum Gasteiger partial charge on any atom is -0.323 e. The molecule has 1 aliphatic heterocycles. The Hall–Kier alpha value is -2.82. The topological polar surface area (TPSA) is 114 Å². The van der Waals surface area contributed by atoms with Crippen LogP contribution in [-0.2, 0) is 14.8 Å². The van der Waals surface area contributed by atoms with Crippen LogP contribution in [0.3, 0.4) is 0 Å². The molecule has 0 unspecified atom stereocenters. The average Bonchev–Trinajstić information content (AvgIpc) is 2.74. The molecule has 1 saturated heterocycles. The molecule has 0 radical (unpaired) electrons. The SMILES string of the molecule is C[C@H](C(=O)Nc1ccccc1)[NH+]1CCN(S(=O)(=O)c2ccccc2[N+](=O)[O-])CC1. The highest BCUT2D eigenvalue weighted by Gasteiger charge is 2.37. The summed E-state index contributed by atoms with van der Waals surface area (Å²) in [4.78, 5) is 23.7. The fourth-order valence-corrected chi connectivity index (χ4v) is 4.97. The lowest BCUT2D eigenvalue weighted by Crippen LogP contribution is -3.19. The van der Waals surface area contributed by atoms with Gasteiger partial charge in [0.15, 0.2) is 10.9 Å². The third-order valence-electron chi connectivity index (χ3n) is 5.09. The number of anilines is 1. The molecule has 1 heterocycles. The van der Waals surface area contributed by atoms with Crippen molar-refractivity contribution in [3.63, 3.8) is 0 Å². The number of rotatable bonds is 6. The third kappa shape index (κ3) is 4.61. The van der Waals surface area contributed by atoms with Crippen LogP contribution in [0.2, 0.25) is 0 Å². The van der Waals surface area contributed by atoms with Crippen LogP contribution < -0.4 is 10.2 Å². The van der Waals surface area contributed by atoms with Gasteiger partial charge in [0.1, 0.15) is 0 Å². The Morgan fingerprint density at radius 1 is 1.10 bits per heavy atom. The molecule has 1 atom stereocenters. The van der Waals surface area contributed by atoms with E-state index in [1.54, 1.807) is 19.1 Å². The summed E-state index contributed by atoms with van der Waals surface area (Å²) in [5.41, 5.74) is 0.277. The molecule has 1 aliphatic rings. The number of nitro benzene ring substituents is 1. The Morgan fingerprint density at radius 2 is 1.69 bits per heavy atom. The number of nitrogens with zero attached hydrogens (tertiary/aromatic N) is 2. The van der Waals surface area contributed by atoms with E-state index >= 15 is 0 Å². The molecule has 0 saturated carbocycles. The maximum absolute atomic E-state index is 12.9. The first kappa shape index (κ1) is 20.9. The number of nitrogens with one attached hydrogen (secondary N) is 2. The maximum Gasteiger partial charge on any atom is 0.289 e. The highest BCUT2D eigenvalue weighted by Crippen LogP contribution is 2.26. The number of para-hydroxylation sites is 2. The molecule has 2 aromatic carbocycles. The zero-order valence-corrected chi connectivity index (χ0v) is 16.8. The van der Waals surface area contributed by atoms with Crippen LogP contribution in [0, 0.1) is 10.1 Å². The molecule has 1 fully saturated rings. The summed E-state index contributed by atoms with van der Waals surface area (Å²) < 4.78 is 27.0. The molecule has 2 N–H and O–H groups in total. The first-order valence-corrected chi connectivity index (χ1v) is 10.7. The number of hydrogen-bond donors (Lipinski definition) is 2. The van der Waals surface area contributed by atoms with Crippen molar-refractivity contribution in [2.24, 2.45) is 0 Å². The number of nitro groups is 1. The van der Waals surface area contributed by atoms with Crippen molar-refractivity contribution in [2.75, 3.05) is 31.5 Å². The number of hydrogen-bond acceptors (Lipinski definition) is 5. The fourth-order valence-electron chi connectivity index (χ4n) is 3.37. The molecule has 10 heteroatoms. The van der Waals surface area contributed by atoms with Crippen LogP contribution in [0.4, 0.5) is 11.4 Å². The predicted octanol–water partition coefficient (Wildman–Crippen LogP) is 0.511. The average molecular weight is 419 g/mol. The van der Waals surface area contributed by atoms with Crippen LogP contribution in [0.15, 0.2) is 59.5 Å². The Morgan fingerprint density at radius 3 is 2.31 bits per heavy atom. The molecule has 154 valence electrons. The van der Waals surface area contributed by atoms with Crippen molar-refractivity contribution in [2.45, 2.75) is 17.9 Å². The van der Waals surface area contributed by atoms with E-state index in [0.29, 0.717) is 18.8 Å². The lowest BCUT2D eigenvalue weighted by Gasteiger charge is -2.34. The number of piperazine rings is 1. The number of quaternary nitrogens is 1. The standard InChI is InChI=1S/C19H22N4O5S/c1-15(19(24)20-16-7-3-2-4-8-16)21-11-13-22(14-12-21)29(27,28)18-10-6-5-9-17(18)23(25)26/h2-10,15H,11-14H2,1H3,(H,20,24)/p+1/t15-/m1/s1. The number of benzene rings is 2. The van der Waals surface area contributed by atoms with Crippen molar-refractivity contribution in [1.82, 2.24) is 4.31 Å². The molecule has 9 nitrogen and oxygen atoms in total. The van der Waals surface area contributed by atoms with Crippen molar-refractivity contribution in [3.05, 3.63) is 64.7 Å². The summed E-state index contributed by atoms with van der Waals surface area (Å²) in [5, 5.41) is 14.1. The molecule has 29 heavy (non-hydrogen) atoms. The van der Waals surface area contributed by atoms with Crippen molar-refractivity contribution < 1.29 is 23.0 Å². The molecule has 0 bridgehead atoms. The van der Waals surface area contributed by atoms with Gasteiger partial charge in [-0.05, 0) is 25.1 Å². The summed E-state index contributed by atoms with van der Waals surface area (Å²) in [7, 11) is -3.98. The van der Waals surface area contributed by atoms with Crippen LogP contribution in [0.5, 0.6) is 0 Å². The summed E-state index contributed by atoms with van der Waals surface area (Å²) in [5.74, 6) is -0.138. The first-order valence-electron chi connectivity index (χ1n) is 9.25. The quantitative estimate of drug-likeness (QED) is 0.523. The molecule has 1 amide bonds. The lowest BCUT2D eigenvalue weighted by atomic mass is 10.2. The minimum absolute atomic E-state index is 0.138. The van der Waals surface area contributed by atoms with Gasteiger partial charge in [0.05, 0.1) is 31.1 Å². The van der Waals surface area contributed by atoms with Gasteiger partial charge in [0, 0.05) is 11.8 Å². The number of carbonyl (C=O) groups is 1. The molecule has 3 rings (SSSR count). The van der Waals surface area contributed by atoms with Crippen LogP contribution >= 0.6 is 0 Å². The van der Waals surface area contributed by atoms with E-state index < -0.39 is 20.6 Å². The van der Waals surface area contributed by atoms with Crippen LogP contribution in [0.1, 0.15) is 6.92 Å². The van der Waals surface area contributed by atoms with Gasteiger partial charge in [-0.25, -0.2) is 8.42 Å². The second kappa shape index (κ2) is 8.68. The third-order valence-corrected chi connectivity index (χ3v) is 7.04. The van der Waals surface area contributed by atoms with Gasteiger partial charge in [0.25, 0.3) is 11.6 Å². The molecule has 0 spiro atoms. The van der Waals surface area contributed by atoms with E-state index in [1.165, 1.54) is 28.6 Å². The summed E-state index contributed by atoms with van der Waals surface area (Å²) >= 11 is 0. The molecule has 2 aromatic rings. The van der Waals surface area contributed by atoms with Gasteiger partial charge in [0.2, 0.25) is 10.0 Å². The van der Waals surface area contributed by atoms with E-state index in [0.717, 1.165) is 4.90 Å². The van der Waals surface area contributed by atoms with E-state index in [-0.39, 0.29) is 29.9 Å². The van der Waals surface area contributed by atoms with Gasteiger partial charge in [-0.15, -0.1) is 0 Å². The Balaban J connectivity index is 1.65. The van der Waals surface area contributed by atoms with Gasteiger partial charge in [-0.2, -0.15) is 4.31 Å².